The lowest BCUT2D eigenvalue weighted by Crippen LogP contribution is -2.11. The Balaban J connectivity index is 2.19. The van der Waals surface area contributed by atoms with Crippen LogP contribution < -0.4 is 0 Å². The normalized spacial score (nSPS) is 13.2. The summed E-state index contributed by atoms with van der Waals surface area (Å²) in [7, 11) is -3.77. The van der Waals surface area contributed by atoms with Crippen molar-refractivity contribution in [2.24, 2.45) is 0 Å². The SMILES string of the molecule is Cc1ccc(S(=O)(=O)OC(C)c2ccc(C)cn2)cc1. The van der Waals surface area contributed by atoms with Crippen molar-refractivity contribution in [1.82, 2.24) is 4.98 Å². The van der Waals surface area contributed by atoms with Crippen molar-refractivity contribution in [2.75, 3.05) is 0 Å². The van der Waals surface area contributed by atoms with E-state index in [-0.39, 0.29) is 4.90 Å². The van der Waals surface area contributed by atoms with E-state index in [0.717, 1.165) is 11.1 Å². The monoisotopic (exact) mass is 291 g/mol. The summed E-state index contributed by atoms with van der Waals surface area (Å²) in [4.78, 5) is 4.34. The Labute approximate surface area is 119 Å². The van der Waals surface area contributed by atoms with Crippen LogP contribution in [0.2, 0.25) is 0 Å². The Bertz CT molecular complexity index is 676. The average molecular weight is 291 g/mol. The molecule has 0 saturated carbocycles. The van der Waals surface area contributed by atoms with Gasteiger partial charge < -0.3 is 0 Å². The second-order valence-corrected chi connectivity index (χ2v) is 6.34. The summed E-state index contributed by atoms with van der Waals surface area (Å²) in [5, 5.41) is 0. The summed E-state index contributed by atoms with van der Waals surface area (Å²) >= 11 is 0. The molecule has 1 unspecified atom stereocenters. The average Bonchev–Trinajstić information content (AvgIpc) is 2.39. The molecule has 0 spiro atoms. The number of aryl methyl sites for hydroxylation is 2. The van der Waals surface area contributed by atoms with Crippen LogP contribution in [0.3, 0.4) is 0 Å². The molecule has 0 N–H and O–H groups in total. The summed E-state index contributed by atoms with van der Waals surface area (Å²) < 4.78 is 29.5. The van der Waals surface area contributed by atoms with Crippen LogP contribution >= 0.6 is 0 Å². The van der Waals surface area contributed by atoms with E-state index in [2.05, 4.69) is 4.98 Å². The van der Waals surface area contributed by atoms with Crippen molar-refractivity contribution < 1.29 is 12.6 Å². The predicted molar refractivity (Wildman–Crippen MR) is 76.8 cm³/mol. The molecule has 20 heavy (non-hydrogen) atoms. The first kappa shape index (κ1) is 14.7. The zero-order valence-corrected chi connectivity index (χ0v) is 12.5. The highest BCUT2D eigenvalue weighted by atomic mass is 32.2. The maximum absolute atomic E-state index is 12.1. The van der Waals surface area contributed by atoms with Crippen molar-refractivity contribution in [1.29, 1.82) is 0 Å². The fraction of sp³-hybridized carbons (Fsp3) is 0.267. The van der Waals surface area contributed by atoms with Crippen LogP contribution in [-0.2, 0) is 14.3 Å². The highest BCUT2D eigenvalue weighted by Gasteiger charge is 2.20. The summed E-state index contributed by atoms with van der Waals surface area (Å²) in [5.41, 5.74) is 2.60. The van der Waals surface area contributed by atoms with Gasteiger partial charge in [0.2, 0.25) is 0 Å². The molecule has 2 rings (SSSR count). The number of rotatable bonds is 4. The zero-order chi connectivity index (χ0) is 14.8. The lowest BCUT2D eigenvalue weighted by atomic mass is 10.2. The van der Waals surface area contributed by atoms with Gasteiger partial charge in [0.25, 0.3) is 10.1 Å². The molecule has 1 heterocycles. The van der Waals surface area contributed by atoms with Gasteiger partial charge in [0.1, 0.15) is 6.10 Å². The molecule has 1 aromatic carbocycles. The minimum absolute atomic E-state index is 0.155. The number of hydrogen-bond acceptors (Lipinski definition) is 4. The highest BCUT2D eigenvalue weighted by molar-refractivity contribution is 7.86. The molecule has 0 saturated heterocycles. The third-order valence-corrected chi connectivity index (χ3v) is 4.32. The van der Waals surface area contributed by atoms with Gasteiger partial charge in [-0.05, 0) is 44.5 Å². The molecule has 0 aliphatic rings. The molecule has 2 aromatic rings. The third-order valence-electron chi connectivity index (χ3n) is 2.93. The van der Waals surface area contributed by atoms with E-state index in [4.69, 9.17) is 4.18 Å². The first-order valence-electron chi connectivity index (χ1n) is 6.31. The van der Waals surface area contributed by atoms with Crippen LogP contribution in [0, 0.1) is 13.8 Å². The molecule has 0 radical (unpaired) electrons. The van der Waals surface area contributed by atoms with Crippen molar-refractivity contribution in [3.63, 3.8) is 0 Å². The van der Waals surface area contributed by atoms with Gasteiger partial charge in [-0.15, -0.1) is 0 Å². The predicted octanol–water partition coefficient (Wildman–Crippen LogP) is 3.16. The van der Waals surface area contributed by atoms with Gasteiger partial charge in [-0.3, -0.25) is 9.17 Å². The number of pyridine rings is 1. The Kier molecular flexibility index (Phi) is 4.20. The van der Waals surface area contributed by atoms with E-state index in [1.807, 2.05) is 19.9 Å². The van der Waals surface area contributed by atoms with Gasteiger partial charge >= 0.3 is 0 Å². The second kappa shape index (κ2) is 5.73. The Morgan fingerprint density at radius 3 is 2.15 bits per heavy atom. The van der Waals surface area contributed by atoms with E-state index in [0.29, 0.717) is 5.69 Å². The minimum Gasteiger partial charge on any atom is -0.258 e. The van der Waals surface area contributed by atoms with E-state index < -0.39 is 16.2 Å². The molecule has 1 atom stereocenters. The van der Waals surface area contributed by atoms with Crippen LogP contribution in [0.4, 0.5) is 0 Å². The van der Waals surface area contributed by atoms with Gasteiger partial charge in [0, 0.05) is 6.20 Å². The third kappa shape index (κ3) is 3.43. The van der Waals surface area contributed by atoms with E-state index in [9.17, 15) is 8.42 Å². The maximum atomic E-state index is 12.1. The molecular formula is C15H17NO3S. The van der Waals surface area contributed by atoms with E-state index in [1.54, 1.807) is 43.5 Å². The van der Waals surface area contributed by atoms with Crippen LogP contribution in [0.1, 0.15) is 29.8 Å². The molecule has 0 aliphatic heterocycles. The van der Waals surface area contributed by atoms with Gasteiger partial charge in [-0.25, -0.2) is 0 Å². The highest BCUT2D eigenvalue weighted by Crippen LogP contribution is 2.22. The lowest BCUT2D eigenvalue weighted by Gasteiger charge is -2.13. The van der Waals surface area contributed by atoms with Crippen molar-refractivity contribution >= 4 is 10.1 Å². The Hall–Kier alpha value is -1.72. The molecule has 0 amide bonds. The Morgan fingerprint density at radius 2 is 1.60 bits per heavy atom. The molecule has 1 aromatic heterocycles. The van der Waals surface area contributed by atoms with Crippen LogP contribution in [-0.4, -0.2) is 13.4 Å². The molecule has 0 aliphatic carbocycles. The Morgan fingerprint density at radius 1 is 1.00 bits per heavy atom. The molecule has 5 heteroatoms. The summed E-state index contributed by atoms with van der Waals surface area (Å²) in [6, 6.07) is 10.2. The van der Waals surface area contributed by atoms with Crippen LogP contribution in [0.25, 0.3) is 0 Å². The van der Waals surface area contributed by atoms with Gasteiger partial charge in [0.15, 0.2) is 0 Å². The number of hydrogen-bond donors (Lipinski definition) is 0. The molecule has 0 fully saturated rings. The topological polar surface area (TPSA) is 56.3 Å². The molecular weight excluding hydrogens is 274 g/mol. The maximum Gasteiger partial charge on any atom is 0.297 e. The second-order valence-electron chi connectivity index (χ2n) is 4.77. The smallest absolute Gasteiger partial charge is 0.258 e. The van der Waals surface area contributed by atoms with Crippen molar-refractivity contribution in [3.8, 4) is 0 Å². The summed E-state index contributed by atoms with van der Waals surface area (Å²) in [6.07, 6.45) is 1.06. The number of nitrogens with zero attached hydrogens (tertiary/aromatic N) is 1. The lowest BCUT2D eigenvalue weighted by molar-refractivity contribution is 0.229. The molecule has 106 valence electrons. The number of benzene rings is 1. The van der Waals surface area contributed by atoms with Crippen molar-refractivity contribution in [2.45, 2.75) is 31.8 Å². The fourth-order valence-corrected chi connectivity index (χ4v) is 2.78. The van der Waals surface area contributed by atoms with Gasteiger partial charge in [0.05, 0.1) is 10.6 Å². The summed E-state index contributed by atoms with van der Waals surface area (Å²) in [5.74, 6) is 0. The zero-order valence-electron chi connectivity index (χ0n) is 11.7. The first-order chi connectivity index (χ1) is 9.38. The molecule has 4 nitrogen and oxygen atoms in total. The van der Waals surface area contributed by atoms with Crippen molar-refractivity contribution in [3.05, 3.63) is 59.4 Å². The van der Waals surface area contributed by atoms with E-state index >= 15 is 0 Å². The summed E-state index contributed by atoms with van der Waals surface area (Å²) in [6.45, 7) is 5.49. The number of aromatic nitrogens is 1. The van der Waals surface area contributed by atoms with E-state index in [1.165, 1.54) is 0 Å². The largest absolute Gasteiger partial charge is 0.297 e. The first-order valence-corrected chi connectivity index (χ1v) is 7.72. The minimum atomic E-state index is -3.77. The van der Waals surface area contributed by atoms with Gasteiger partial charge in [-0.1, -0.05) is 23.8 Å². The quantitative estimate of drug-likeness (QED) is 0.812. The fourth-order valence-electron chi connectivity index (χ4n) is 1.72. The van der Waals surface area contributed by atoms with Crippen LogP contribution in [0.5, 0.6) is 0 Å². The molecule has 0 bridgehead atoms. The van der Waals surface area contributed by atoms with Crippen LogP contribution in [0.15, 0.2) is 47.5 Å². The van der Waals surface area contributed by atoms with Gasteiger partial charge in [-0.2, -0.15) is 8.42 Å². The standard InChI is InChI=1S/C15H17NO3S/c1-11-4-7-14(8-5-11)20(17,18)19-13(3)15-9-6-12(2)10-16-15/h4-10,13H,1-3H3.